The van der Waals surface area contributed by atoms with Crippen LogP contribution >= 0.6 is 0 Å². The first-order valence-electron chi connectivity index (χ1n) is 4.20. The van der Waals surface area contributed by atoms with Gasteiger partial charge in [-0.1, -0.05) is 0 Å². The van der Waals surface area contributed by atoms with Gasteiger partial charge < -0.3 is 5.32 Å². The quantitative estimate of drug-likeness (QED) is 0.728. The molecule has 0 aliphatic heterocycles. The number of amides is 1. The highest BCUT2D eigenvalue weighted by Gasteiger charge is 2.06. The zero-order chi connectivity index (χ0) is 10.7. The molecule has 0 spiro atoms. The van der Waals surface area contributed by atoms with E-state index in [9.17, 15) is 4.79 Å². The van der Waals surface area contributed by atoms with E-state index in [1.165, 1.54) is 6.92 Å². The standard InChI is InChI=1S/C10H11N3O/c1-6-7(2)12-9(5-11)4-10(6)13-8(3)14/h4H,1-3H3,(H,12,13,14). The molecule has 1 aromatic rings. The molecule has 0 fully saturated rings. The fraction of sp³-hybridized carbons (Fsp3) is 0.300. The van der Waals surface area contributed by atoms with Crippen molar-refractivity contribution in [3.8, 4) is 6.07 Å². The summed E-state index contributed by atoms with van der Waals surface area (Å²) in [6, 6.07) is 3.52. The molecule has 0 saturated heterocycles. The van der Waals surface area contributed by atoms with E-state index in [-0.39, 0.29) is 5.91 Å². The highest BCUT2D eigenvalue weighted by molar-refractivity contribution is 5.89. The molecule has 14 heavy (non-hydrogen) atoms. The van der Waals surface area contributed by atoms with Crippen molar-refractivity contribution in [1.82, 2.24) is 4.98 Å². The van der Waals surface area contributed by atoms with Crippen molar-refractivity contribution in [3.05, 3.63) is 23.0 Å². The monoisotopic (exact) mass is 189 g/mol. The molecule has 72 valence electrons. The summed E-state index contributed by atoms with van der Waals surface area (Å²) < 4.78 is 0. The summed E-state index contributed by atoms with van der Waals surface area (Å²) in [5.41, 5.74) is 2.62. The second-order valence-corrected chi connectivity index (χ2v) is 3.06. The average Bonchev–Trinajstić information content (AvgIpc) is 2.11. The molecule has 0 aliphatic rings. The maximum atomic E-state index is 10.9. The Morgan fingerprint density at radius 2 is 2.21 bits per heavy atom. The molecule has 1 aromatic heterocycles. The summed E-state index contributed by atoms with van der Waals surface area (Å²) in [6.45, 7) is 5.09. The third-order valence-electron chi connectivity index (χ3n) is 1.94. The smallest absolute Gasteiger partial charge is 0.221 e. The highest BCUT2D eigenvalue weighted by Crippen LogP contribution is 2.17. The van der Waals surface area contributed by atoms with Crippen molar-refractivity contribution in [2.75, 3.05) is 5.32 Å². The Kier molecular flexibility index (Phi) is 2.82. The molecule has 0 radical (unpaired) electrons. The van der Waals surface area contributed by atoms with E-state index in [1.807, 2.05) is 19.9 Å². The molecule has 1 amide bonds. The number of nitrogens with zero attached hydrogens (tertiary/aromatic N) is 2. The van der Waals surface area contributed by atoms with Gasteiger partial charge in [-0.15, -0.1) is 0 Å². The Morgan fingerprint density at radius 3 is 2.71 bits per heavy atom. The Hall–Kier alpha value is -1.89. The van der Waals surface area contributed by atoms with Crippen LogP contribution in [-0.4, -0.2) is 10.9 Å². The Bertz CT molecular complexity index is 418. The lowest BCUT2D eigenvalue weighted by molar-refractivity contribution is -0.114. The molecule has 0 atom stereocenters. The van der Waals surface area contributed by atoms with Crippen molar-refractivity contribution < 1.29 is 4.79 Å². The normalized spacial score (nSPS) is 9.29. The van der Waals surface area contributed by atoms with Crippen LogP contribution < -0.4 is 5.32 Å². The van der Waals surface area contributed by atoms with Crippen molar-refractivity contribution in [1.29, 1.82) is 5.26 Å². The zero-order valence-corrected chi connectivity index (χ0v) is 8.38. The minimum absolute atomic E-state index is 0.150. The van der Waals surface area contributed by atoms with Gasteiger partial charge >= 0.3 is 0 Å². The van der Waals surface area contributed by atoms with Gasteiger partial charge in [0.25, 0.3) is 0 Å². The summed E-state index contributed by atoms with van der Waals surface area (Å²) in [7, 11) is 0. The zero-order valence-electron chi connectivity index (χ0n) is 8.38. The number of anilines is 1. The molecular weight excluding hydrogens is 178 g/mol. The molecule has 1 rings (SSSR count). The summed E-state index contributed by atoms with van der Waals surface area (Å²) in [5, 5.41) is 11.3. The second-order valence-electron chi connectivity index (χ2n) is 3.06. The van der Waals surface area contributed by atoms with E-state index in [0.29, 0.717) is 11.4 Å². The number of aryl methyl sites for hydroxylation is 1. The number of rotatable bonds is 1. The lowest BCUT2D eigenvalue weighted by Crippen LogP contribution is -2.09. The number of carbonyl (C=O) groups is 1. The fourth-order valence-electron chi connectivity index (χ4n) is 1.11. The van der Waals surface area contributed by atoms with Gasteiger partial charge in [0.05, 0.1) is 0 Å². The lowest BCUT2D eigenvalue weighted by atomic mass is 10.1. The van der Waals surface area contributed by atoms with E-state index in [0.717, 1.165) is 11.3 Å². The van der Waals surface area contributed by atoms with Gasteiger partial charge in [-0.25, -0.2) is 4.98 Å². The van der Waals surface area contributed by atoms with Crippen LogP contribution in [0.25, 0.3) is 0 Å². The Labute approximate surface area is 82.6 Å². The SMILES string of the molecule is CC(=O)Nc1cc(C#N)nc(C)c1C. The predicted molar refractivity (Wildman–Crippen MR) is 52.7 cm³/mol. The van der Waals surface area contributed by atoms with E-state index in [4.69, 9.17) is 5.26 Å². The van der Waals surface area contributed by atoms with Crippen LogP contribution in [0.5, 0.6) is 0 Å². The van der Waals surface area contributed by atoms with Crippen LogP contribution in [0.2, 0.25) is 0 Å². The number of hydrogen-bond acceptors (Lipinski definition) is 3. The second kappa shape index (κ2) is 3.88. The first-order valence-corrected chi connectivity index (χ1v) is 4.20. The van der Waals surface area contributed by atoms with Gasteiger partial charge in [0.15, 0.2) is 0 Å². The molecule has 4 heteroatoms. The molecular formula is C10H11N3O. The Morgan fingerprint density at radius 1 is 1.57 bits per heavy atom. The molecule has 0 bridgehead atoms. The molecule has 1 heterocycles. The maximum absolute atomic E-state index is 10.9. The van der Waals surface area contributed by atoms with Crippen LogP contribution in [0, 0.1) is 25.2 Å². The summed E-state index contributed by atoms with van der Waals surface area (Å²) >= 11 is 0. The predicted octanol–water partition coefficient (Wildman–Crippen LogP) is 1.53. The topological polar surface area (TPSA) is 65.8 Å². The highest BCUT2D eigenvalue weighted by atomic mass is 16.1. The number of aromatic nitrogens is 1. The molecule has 1 N–H and O–H groups in total. The first kappa shape index (κ1) is 10.2. The van der Waals surface area contributed by atoms with Gasteiger partial charge in [-0.05, 0) is 25.5 Å². The van der Waals surface area contributed by atoms with Crippen LogP contribution in [0.4, 0.5) is 5.69 Å². The average molecular weight is 189 g/mol. The van der Waals surface area contributed by atoms with Gasteiger partial charge in [0, 0.05) is 18.3 Å². The molecule has 0 aromatic carbocycles. The third-order valence-corrected chi connectivity index (χ3v) is 1.94. The van der Waals surface area contributed by atoms with E-state index in [1.54, 1.807) is 6.07 Å². The van der Waals surface area contributed by atoms with Gasteiger partial charge in [0.2, 0.25) is 5.91 Å². The van der Waals surface area contributed by atoms with Crippen molar-refractivity contribution in [2.24, 2.45) is 0 Å². The van der Waals surface area contributed by atoms with Crippen LogP contribution in [-0.2, 0) is 4.79 Å². The van der Waals surface area contributed by atoms with Crippen molar-refractivity contribution in [2.45, 2.75) is 20.8 Å². The molecule has 4 nitrogen and oxygen atoms in total. The summed E-state index contributed by atoms with van der Waals surface area (Å²) in [6.07, 6.45) is 0. The number of nitrogens with one attached hydrogen (secondary N) is 1. The maximum Gasteiger partial charge on any atom is 0.221 e. The lowest BCUT2D eigenvalue weighted by Gasteiger charge is -2.08. The van der Waals surface area contributed by atoms with E-state index in [2.05, 4.69) is 10.3 Å². The first-order chi connectivity index (χ1) is 6.54. The van der Waals surface area contributed by atoms with Crippen molar-refractivity contribution in [3.63, 3.8) is 0 Å². The van der Waals surface area contributed by atoms with Crippen molar-refractivity contribution >= 4 is 11.6 Å². The number of pyridine rings is 1. The minimum atomic E-state index is -0.150. The van der Waals surface area contributed by atoms with Gasteiger partial charge in [-0.2, -0.15) is 5.26 Å². The molecule has 0 aliphatic carbocycles. The minimum Gasteiger partial charge on any atom is -0.326 e. The van der Waals surface area contributed by atoms with Crippen LogP contribution in [0.3, 0.4) is 0 Å². The van der Waals surface area contributed by atoms with Crippen LogP contribution in [0.1, 0.15) is 23.9 Å². The molecule has 0 saturated carbocycles. The summed E-state index contributed by atoms with van der Waals surface area (Å²) in [4.78, 5) is 14.9. The number of hydrogen-bond donors (Lipinski definition) is 1. The van der Waals surface area contributed by atoms with E-state index < -0.39 is 0 Å². The third kappa shape index (κ3) is 2.07. The van der Waals surface area contributed by atoms with E-state index >= 15 is 0 Å². The van der Waals surface area contributed by atoms with Gasteiger partial charge in [0.1, 0.15) is 11.8 Å². The number of nitriles is 1. The summed E-state index contributed by atoms with van der Waals surface area (Å²) in [5.74, 6) is -0.150. The largest absolute Gasteiger partial charge is 0.326 e. The van der Waals surface area contributed by atoms with Crippen LogP contribution in [0.15, 0.2) is 6.07 Å². The molecule has 0 unspecified atom stereocenters. The van der Waals surface area contributed by atoms with Gasteiger partial charge in [-0.3, -0.25) is 4.79 Å². The Balaban J connectivity index is 3.21. The fourth-order valence-corrected chi connectivity index (χ4v) is 1.11. The number of carbonyl (C=O) groups excluding carboxylic acids is 1.